The molecular formula is C16H26ClNO. The molecule has 0 aliphatic carbocycles. The molecule has 2 atom stereocenters. The summed E-state index contributed by atoms with van der Waals surface area (Å²) in [5.74, 6) is 0.586. The number of hydrogen-bond donors (Lipinski definition) is 2. The second-order valence-corrected chi connectivity index (χ2v) is 5.74. The first-order valence-electron chi connectivity index (χ1n) is 7.24. The molecule has 2 N–H and O–H groups in total. The average molecular weight is 284 g/mol. The van der Waals surface area contributed by atoms with Crippen molar-refractivity contribution in [1.82, 2.24) is 5.32 Å². The largest absolute Gasteiger partial charge is 0.396 e. The number of aliphatic hydroxyl groups is 1. The average Bonchev–Trinajstić information content (AvgIpc) is 2.39. The summed E-state index contributed by atoms with van der Waals surface area (Å²) in [5, 5.41) is 13.4. The Kier molecular flexibility index (Phi) is 8.11. The highest BCUT2D eigenvalue weighted by Gasteiger charge is 2.09. The van der Waals surface area contributed by atoms with Crippen LogP contribution in [-0.2, 0) is 6.42 Å². The smallest absolute Gasteiger partial charge is 0.0434 e. The van der Waals surface area contributed by atoms with E-state index in [1.54, 1.807) is 0 Å². The van der Waals surface area contributed by atoms with Crippen molar-refractivity contribution < 1.29 is 5.11 Å². The third kappa shape index (κ3) is 6.95. The van der Waals surface area contributed by atoms with Gasteiger partial charge in [-0.05, 0) is 56.3 Å². The Bertz CT molecular complexity index is 333. The maximum absolute atomic E-state index is 9.05. The first-order valence-corrected chi connectivity index (χ1v) is 7.62. The molecule has 0 saturated carbocycles. The van der Waals surface area contributed by atoms with E-state index in [0.717, 1.165) is 24.4 Å². The first kappa shape index (κ1) is 16.5. The van der Waals surface area contributed by atoms with Gasteiger partial charge in [0, 0.05) is 17.7 Å². The maximum atomic E-state index is 9.05. The normalized spacial score (nSPS) is 14.3. The number of halogens is 1. The molecule has 108 valence electrons. The van der Waals surface area contributed by atoms with Crippen LogP contribution in [0, 0.1) is 5.92 Å². The second kappa shape index (κ2) is 9.35. The van der Waals surface area contributed by atoms with Crippen LogP contribution < -0.4 is 5.32 Å². The van der Waals surface area contributed by atoms with Crippen molar-refractivity contribution in [3.05, 3.63) is 34.9 Å². The molecule has 0 amide bonds. The monoisotopic (exact) mass is 283 g/mol. The second-order valence-electron chi connectivity index (χ2n) is 5.31. The summed E-state index contributed by atoms with van der Waals surface area (Å²) in [6, 6.07) is 8.49. The van der Waals surface area contributed by atoms with Gasteiger partial charge in [-0.2, -0.15) is 0 Å². The lowest BCUT2D eigenvalue weighted by Gasteiger charge is -2.20. The van der Waals surface area contributed by atoms with E-state index in [-0.39, 0.29) is 6.61 Å². The Morgan fingerprint density at radius 1 is 1.21 bits per heavy atom. The van der Waals surface area contributed by atoms with E-state index in [9.17, 15) is 0 Å². The number of rotatable bonds is 9. The van der Waals surface area contributed by atoms with Crippen LogP contribution in [0.25, 0.3) is 0 Å². The molecule has 0 aliphatic heterocycles. The standard InChI is InChI=1S/C16H26ClNO/c1-3-4-15(9-10-19)12-18-13(2)11-14-5-7-16(17)8-6-14/h5-8,13,15,18-19H,3-4,9-12H2,1-2H3. The fraction of sp³-hybridized carbons (Fsp3) is 0.625. The van der Waals surface area contributed by atoms with Gasteiger partial charge in [-0.25, -0.2) is 0 Å². The fourth-order valence-corrected chi connectivity index (χ4v) is 2.48. The highest BCUT2D eigenvalue weighted by molar-refractivity contribution is 6.30. The Balaban J connectivity index is 2.33. The minimum Gasteiger partial charge on any atom is -0.396 e. The summed E-state index contributed by atoms with van der Waals surface area (Å²) in [6.07, 6.45) is 4.27. The predicted octanol–water partition coefficient (Wildman–Crippen LogP) is 3.66. The lowest BCUT2D eigenvalue weighted by molar-refractivity contribution is 0.245. The van der Waals surface area contributed by atoms with Crippen molar-refractivity contribution in [2.45, 2.75) is 45.6 Å². The quantitative estimate of drug-likeness (QED) is 0.725. The zero-order valence-electron chi connectivity index (χ0n) is 12.0. The highest BCUT2D eigenvalue weighted by atomic mass is 35.5. The third-order valence-corrected chi connectivity index (χ3v) is 3.70. The van der Waals surface area contributed by atoms with Crippen LogP contribution in [0.3, 0.4) is 0 Å². The summed E-state index contributed by atoms with van der Waals surface area (Å²) < 4.78 is 0. The zero-order valence-corrected chi connectivity index (χ0v) is 12.8. The van der Waals surface area contributed by atoms with E-state index < -0.39 is 0 Å². The van der Waals surface area contributed by atoms with Gasteiger partial charge in [0.25, 0.3) is 0 Å². The summed E-state index contributed by atoms with van der Waals surface area (Å²) in [4.78, 5) is 0. The molecule has 0 fully saturated rings. The Morgan fingerprint density at radius 2 is 1.89 bits per heavy atom. The highest BCUT2D eigenvalue weighted by Crippen LogP contribution is 2.12. The minimum absolute atomic E-state index is 0.290. The summed E-state index contributed by atoms with van der Waals surface area (Å²) in [5.41, 5.74) is 1.30. The third-order valence-electron chi connectivity index (χ3n) is 3.44. The molecule has 0 radical (unpaired) electrons. The molecule has 2 nitrogen and oxygen atoms in total. The van der Waals surface area contributed by atoms with Crippen molar-refractivity contribution >= 4 is 11.6 Å². The van der Waals surface area contributed by atoms with Gasteiger partial charge in [0.05, 0.1) is 0 Å². The summed E-state index contributed by atoms with van der Waals surface area (Å²) in [7, 11) is 0. The predicted molar refractivity (Wildman–Crippen MR) is 82.7 cm³/mol. The topological polar surface area (TPSA) is 32.3 Å². The van der Waals surface area contributed by atoms with Gasteiger partial charge < -0.3 is 10.4 Å². The van der Waals surface area contributed by atoms with Crippen LogP contribution in [0.4, 0.5) is 0 Å². The zero-order chi connectivity index (χ0) is 14.1. The maximum Gasteiger partial charge on any atom is 0.0434 e. The minimum atomic E-state index is 0.290. The summed E-state index contributed by atoms with van der Waals surface area (Å²) in [6.45, 7) is 5.68. The molecule has 0 saturated heterocycles. The van der Waals surface area contributed by atoms with Gasteiger partial charge in [-0.3, -0.25) is 0 Å². The molecule has 0 bridgehead atoms. The molecule has 1 aromatic rings. The van der Waals surface area contributed by atoms with E-state index >= 15 is 0 Å². The van der Waals surface area contributed by atoms with Crippen LogP contribution in [-0.4, -0.2) is 24.3 Å². The van der Waals surface area contributed by atoms with Gasteiger partial charge >= 0.3 is 0 Å². The van der Waals surface area contributed by atoms with Crippen molar-refractivity contribution in [1.29, 1.82) is 0 Å². The van der Waals surface area contributed by atoms with Crippen LogP contribution >= 0.6 is 11.6 Å². The number of benzene rings is 1. The number of nitrogens with one attached hydrogen (secondary N) is 1. The molecule has 1 rings (SSSR count). The number of hydrogen-bond acceptors (Lipinski definition) is 2. The van der Waals surface area contributed by atoms with Crippen LogP contribution in [0.5, 0.6) is 0 Å². The number of aliphatic hydroxyl groups excluding tert-OH is 1. The van der Waals surface area contributed by atoms with Gasteiger partial charge in [0.1, 0.15) is 0 Å². The van der Waals surface area contributed by atoms with Gasteiger partial charge in [-0.15, -0.1) is 0 Å². The van der Waals surface area contributed by atoms with Gasteiger partial charge in [0.15, 0.2) is 0 Å². The lowest BCUT2D eigenvalue weighted by atomic mass is 9.99. The fourth-order valence-electron chi connectivity index (χ4n) is 2.35. The Morgan fingerprint density at radius 3 is 2.47 bits per heavy atom. The van der Waals surface area contributed by atoms with Crippen LogP contribution in [0.2, 0.25) is 5.02 Å². The molecule has 0 spiro atoms. The van der Waals surface area contributed by atoms with Crippen molar-refractivity contribution in [3.63, 3.8) is 0 Å². The SMILES string of the molecule is CCCC(CCO)CNC(C)Cc1ccc(Cl)cc1. The Labute approximate surface area is 122 Å². The van der Waals surface area contributed by atoms with Crippen molar-refractivity contribution in [2.24, 2.45) is 5.92 Å². The van der Waals surface area contributed by atoms with Crippen LogP contribution in [0.1, 0.15) is 38.7 Å². The molecule has 1 aromatic carbocycles. The van der Waals surface area contributed by atoms with Crippen molar-refractivity contribution in [3.8, 4) is 0 Å². The lowest BCUT2D eigenvalue weighted by Crippen LogP contribution is -2.33. The summed E-state index contributed by atoms with van der Waals surface area (Å²) >= 11 is 5.88. The van der Waals surface area contributed by atoms with E-state index in [2.05, 4.69) is 31.3 Å². The molecule has 0 aromatic heterocycles. The van der Waals surface area contributed by atoms with E-state index in [1.807, 2.05) is 12.1 Å². The molecule has 19 heavy (non-hydrogen) atoms. The van der Waals surface area contributed by atoms with Crippen LogP contribution in [0.15, 0.2) is 24.3 Å². The van der Waals surface area contributed by atoms with E-state index in [0.29, 0.717) is 12.0 Å². The van der Waals surface area contributed by atoms with E-state index in [4.69, 9.17) is 16.7 Å². The van der Waals surface area contributed by atoms with Crippen molar-refractivity contribution in [2.75, 3.05) is 13.2 Å². The van der Waals surface area contributed by atoms with Gasteiger partial charge in [-0.1, -0.05) is 37.1 Å². The van der Waals surface area contributed by atoms with E-state index in [1.165, 1.54) is 18.4 Å². The molecule has 2 unspecified atom stereocenters. The van der Waals surface area contributed by atoms with Gasteiger partial charge in [0.2, 0.25) is 0 Å². The molecular weight excluding hydrogens is 258 g/mol. The first-order chi connectivity index (χ1) is 9.15. The molecule has 0 aliphatic rings. The molecule has 3 heteroatoms. The Hall–Kier alpha value is -0.570. The molecule has 0 heterocycles.